The molecule has 1 amide bonds. The Morgan fingerprint density at radius 2 is 1.96 bits per heavy atom. The van der Waals surface area contributed by atoms with Crippen LogP contribution in [0.3, 0.4) is 0 Å². The van der Waals surface area contributed by atoms with Crippen LogP contribution in [-0.4, -0.2) is 12.5 Å². The Bertz CT molecular complexity index is 741. The molecule has 1 aliphatic rings. The minimum atomic E-state index is -0.306. The summed E-state index contributed by atoms with van der Waals surface area (Å²) in [6.45, 7) is 5.50. The molecule has 1 aliphatic heterocycles. The largest absolute Gasteiger partial charge is 0.324 e. The first-order chi connectivity index (χ1) is 11.5. The fourth-order valence-corrected chi connectivity index (χ4v) is 3.22. The summed E-state index contributed by atoms with van der Waals surface area (Å²) in [7, 11) is 0. The topological polar surface area (TPSA) is 41.1 Å². The second-order valence-corrected chi connectivity index (χ2v) is 6.97. The van der Waals surface area contributed by atoms with Gasteiger partial charge in [-0.15, -0.1) is 0 Å². The highest BCUT2D eigenvalue weighted by molar-refractivity contribution is 5.92. The van der Waals surface area contributed by atoms with E-state index in [1.807, 2.05) is 50.2 Å². The summed E-state index contributed by atoms with van der Waals surface area (Å²) in [4.78, 5) is 12.4. The monoisotopic (exact) mass is 326 g/mol. The molecule has 0 fully saturated rings. The average Bonchev–Trinajstić information content (AvgIpc) is 2.58. The van der Waals surface area contributed by atoms with Crippen molar-refractivity contribution in [3.63, 3.8) is 0 Å². The number of rotatable bonds is 4. The average molecular weight is 326 g/mol. The Kier molecular flexibility index (Phi) is 4.67. The number of halogens is 1. The van der Waals surface area contributed by atoms with Gasteiger partial charge in [0.05, 0.1) is 5.69 Å². The summed E-state index contributed by atoms with van der Waals surface area (Å²) in [5.41, 5.74) is 2.76. The molecule has 0 aliphatic carbocycles. The second-order valence-electron chi connectivity index (χ2n) is 6.97. The Balaban J connectivity index is 1.73. The van der Waals surface area contributed by atoms with E-state index < -0.39 is 0 Å². The second kappa shape index (κ2) is 6.73. The predicted molar refractivity (Wildman–Crippen MR) is 94.5 cm³/mol. The van der Waals surface area contributed by atoms with E-state index in [1.165, 1.54) is 0 Å². The minimum absolute atomic E-state index is 0.170. The van der Waals surface area contributed by atoms with Crippen molar-refractivity contribution in [1.82, 2.24) is 5.32 Å². The van der Waals surface area contributed by atoms with Gasteiger partial charge in [-0.25, -0.2) is 4.39 Å². The number of carbonyl (C=O) groups is 1. The first-order valence-electron chi connectivity index (χ1n) is 8.34. The van der Waals surface area contributed by atoms with Gasteiger partial charge in [-0.2, -0.15) is 0 Å². The fraction of sp³-hybridized carbons (Fsp3) is 0.350. The molecule has 0 aromatic heterocycles. The van der Waals surface area contributed by atoms with Crippen LogP contribution in [0.1, 0.15) is 37.0 Å². The van der Waals surface area contributed by atoms with E-state index >= 15 is 0 Å². The normalized spacial score (nSPS) is 14.1. The lowest BCUT2D eigenvalue weighted by atomic mass is 9.81. The van der Waals surface area contributed by atoms with Gasteiger partial charge in [0.25, 0.3) is 0 Å². The Hall–Kier alpha value is -2.20. The van der Waals surface area contributed by atoms with Gasteiger partial charge in [-0.1, -0.05) is 50.2 Å². The summed E-state index contributed by atoms with van der Waals surface area (Å²) in [6, 6.07) is 13.5. The molecule has 0 saturated carbocycles. The highest BCUT2D eigenvalue weighted by atomic mass is 19.1. The van der Waals surface area contributed by atoms with Crippen molar-refractivity contribution in [2.24, 2.45) is 0 Å². The van der Waals surface area contributed by atoms with Gasteiger partial charge in [-0.3, -0.25) is 4.79 Å². The third-order valence-corrected chi connectivity index (χ3v) is 4.64. The number of hydrogen-bond acceptors (Lipinski definition) is 2. The van der Waals surface area contributed by atoms with Crippen molar-refractivity contribution < 1.29 is 9.18 Å². The van der Waals surface area contributed by atoms with E-state index in [9.17, 15) is 9.18 Å². The lowest BCUT2D eigenvalue weighted by molar-refractivity contribution is -0.117. The quantitative estimate of drug-likeness (QED) is 0.898. The van der Waals surface area contributed by atoms with Crippen LogP contribution in [0.25, 0.3) is 0 Å². The molecule has 0 saturated heterocycles. The SMILES string of the molecule is CC(C)(CC(=O)Nc1ccc2c(c1F)CCNC2)c1ccccc1. The van der Waals surface area contributed by atoms with Gasteiger partial charge in [0, 0.05) is 13.0 Å². The zero-order valence-corrected chi connectivity index (χ0v) is 14.2. The van der Waals surface area contributed by atoms with E-state index in [2.05, 4.69) is 10.6 Å². The first-order valence-corrected chi connectivity index (χ1v) is 8.34. The third-order valence-electron chi connectivity index (χ3n) is 4.64. The summed E-state index contributed by atoms with van der Waals surface area (Å²) in [6.07, 6.45) is 0.954. The maximum atomic E-state index is 14.6. The van der Waals surface area contributed by atoms with Gasteiger partial charge in [0.15, 0.2) is 0 Å². The molecule has 2 N–H and O–H groups in total. The van der Waals surface area contributed by atoms with Crippen LogP contribution in [0, 0.1) is 5.82 Å². The molecular formula is C20H23FN2O. The van der Waals surface area contributed by atoms with Crippen LogP contribution < -0.4 is 10.6 Å². The van der Waals surface area contributed by atoms with Crippen LogP contribution in [0.2, 0.25) is 0 Å². The summed E-state index contributed by atoms with van der Waals surface area (Å²) >= 11 is 0. The van der Waals surface area contributed by atoms with E-state index in [4.69, 9.17) is 0 Å². The highest BCUT2D eigenvalue weighted by Gasteiger charge is 2.25. The number of fused-ring (bicyclic) bond motifs is 1. The minimum Gasteiger partial charge on any atom is -0.324 e. The number of carbonyl (C=O) groups excluding carboxylic acids is 1. The van der Waals surface area contributed by atoms with Gasteiger partial charge >= 0.3 is 0 Å². The zero-order valence-electron chi connectivity index (χ0n) is 14.2. The molecule has 3 rings (SSSR count). The molecule has 0 radical (unpaired) electrons. The predicted octanol–water partition coefficient (Wildman–Crippen LogP) is 3.78. The molecule has 2 aromatic carbocycles. The zero-order chi connectivity index (χ0) is 17.2. The fourth-order valence-electron chi connectivity index (χ4n) is 3.22. The Labute approximate surface area is 142 Å². The number of hydrogen-bond donors (Lipinski definition) is 2. The standard InChI is InChI=1S/C20H23FN2O/c1-20(2,15-6-4-3-5-7-15)12-18(24)23-17-9-8-14-13-22-11-10-16(14)19(17)21/h3-9,22H,10-13H2,1-2H3,(H,23,24). The Morgan fingerprint density at radius 1 is 1.21 bits per heavy atom. The molecule has 0 unspecified atom stereocenters. The molecule has 4 heteroatoms. The number of nitrogens with one attached hydrogen (secondary N) is 2. The molecule has 0 bridgehead atoms. The smallest absolute Gasteiger partial charge is 0.225 e. The van der Waals surface area contributed by atoms with E-state index in [0.717, 1.165) is 17.7 Å². The van der Waals surface area contributed by atoms with Gasteiger partial charge in [0.1, 0.15) is 5.82 Å². The van der Waals surface area contributed by atoms with Crippen molar-refractivity contribution in [2.45, 2.75) is 38.6 Å². The van der Waals surface area contributed by atoms with E-state index in [-0.39, 0.29) is 22.8 Å². The highest BCUT2D eigenvalue weighted by Crippen LogP contribution is 2.29. The number of amides is 1. The molecular weight excluding hydrogens is 303 g/mol. The van der Waals surface area contributed by atoms with Crippen LogP contribution in [-0.2, 0) is 23.2 Å². The summed E-state index contributed by atoms with van der Waals surface area (Å²) < 4.78 is 14.6. The van der Waals surface area contributed by atoms with Crippen LogP contribution >= 0.6 is 0 Å². The van der Waals surface area contributed by atoms with Crippen molar-refractivity contribution in [3.05, 3.63) is 65.0 Å². The lowest BCUT2D eigenvalue weighted by Gasteiger charge is -2.25. The summed E-state index contributed by atoms with van der Waals surface area (Å²) in [5, 5.41) is 5.98. The number of benzene rings is 2. The van der Waals surface area contributed by atoms with Crippen molar-refractivity contribution >= 4 is 11.6 Å². The van der Waals surface area contributed by atoms with Crippen LogP contribution in [0.15, 0.2) is 42.5 Å². The third kappa shape index (κ3) is 3.49. The van der Waals surface area contributed by atoms with Crippen molar-refractivity contribution in [3.8, 4) is 0 Å². The van der Waals surface area contributed by atoms with Crippen LogP contribution in [0.5, 0.6) is 0 Å². The lowest BCUT2D eigenvalue weighted by Crippen LogP contribution is -2.27. The number of anilines is 1. The molecule has 3 nitrogen and oxygen atoms in total. The molecule has 2 aromatic rings. The van der Waals surface area contributed by atoms with Gasteiger partial charge in [0.2, 0.25) is 5.91 Å². The van der Waals surface area contributed by atoms with E-state index in [0.29, 0.717) is 24.9 Å². The maximum Gasteiger partial charge on any atom is 0.225 e. The Morgan fingerprint density at radius 3 is 2.71 bits per heavy atom. The molecule has 0 atom stereocenters. The maximum absolute atomic E-state index is 14.6. The molecule has 126 valence electrons. The molecule has 0 spiro atoms. The molecule has 24 heavy (non-hydrogen) atoms. The van der Waals surface area contributed by atoms with Gasteiger partial charge in [-0.05, 0) is 41.1 Å². The van der Waals surface area contributed by atoms with Crippen LogP contribution in [0.4, 0.5) is 10.1 Å². The van der Waals surface area contributed by atoms with Gasteiger partial charge < -0.3 is 10.6 Å². The van der Waals surface area contributed by atoms with Crippen molar-refractivity contribution in [2.75, 3.05) is 11.9 Å². The van der Waals surface area contributed by atoms with Crippen molar-refractivity contribution in [1.29, 1.82) is 0 Å². The first kappa shape index (κ1) is 16.7. The molecule has 1 heterocycles. The van der Waals surface area contributed by atoms with E-state index in [1.54, 1.807) is 6.07 Å². The summed E-state index contributed by atoms with van der Waals surface area (Å²) in [5.74, 6) is -0.462.